The van der Waals surface area contributed by atoms with Crippen LogP contribution < -0.4 is 24.4 Å². The number of nitrogens with one attached hydrogen (secondary N) is 1. The van der Waals surface area contributed by atoms with Gasteiger partial charge in [-0.15, -0.1) is 0 Å². The summed E-state index contributed by atoms with van der Waals surface area (Å²) in [7, 11) is 0. The first-order chi connectivity index (χ1) is 19.0. The molecule has 0 aromatic heterocycles. The van der Waals surface area contributed by atoms with Gasteiger partial charge in [-0.25, -0.2) is 0 Å². The Hall–Kier alpha value is -4.78. The fourth-order valence-electron chi connectivity index (χ4n) is 5.86. The van der Waals surface area contributed by atoms with E-state index in [4.69, 9.17) is 14.2 Å². The van der Waals surface area contributed by atoms with E-state index in [0.29, 0.717) is 29.4 Å². The second kappa shape index (κ2) is 8.63. The number of rotatable bonds is 4. The number of carbonyl (C=O) groups is 2. The standard InChI is InChI=1S/C32H26N2O5/c1-19-6-5-7-20(2)29(19)33-30(35)22-12-10-21(11-13-22)16-34-25-9-4-3-8-23(25)32(31(34)36)17-37-26-15-28-27(14-24(26)32)38-18-39-28/h3-15H,16-18H2,1-2H3,(H,33,35). The predicted octanol–water partition coefficient (Wildman–Crippen LogP) is 5.51. The van der Waals surface area contributed by atoms with Crippen LogP contribution in [-0.4, -0.2) is 25.2 Å². The number of benzene rings is 4. The summed E-state index contributed by atoms with van der Waals surface area (Å²) in [5, 5.41) is 3.03. The van der Waals surface area contributed by atoms with Crippen LogP contribution in [0, 0.1) is 13.8 Å². The lowest BCUT2D eigenvalue weighted by atomic mass is 9.77. The van der Waals surface area contributed by atoms with Crippen LogP contribution in [0.1, 0.15) is 38.2 Å². The Morgan fingerprint density at radius 1 is 0.846 bits per heavy atom. The van der Waals surface area contributed by atoms with Crippen molar-refractivity contribution in [2.75, 3.05) is 23.6 Å². The maximum absolute atomic E-state index is 14.2. The molecule has 3 heterocycles. The number of anilines is 2. The number of fused-ring (bicyclic) bond motifs is 5. The van der Waals surface area contributed by atoms with E-state index in [2.05, 4.69) is 5.32 Å². The smallest absolute Gasteiger partial charge is 0.255 e. The third kappa shape index (κ3) is 3.50. The van der Waals surface area contributed by atoms with Gasteiger partial charge in [-0.2, -0.15) is 0 Å². The number of hydrogen-bond donors (Lipinski definition) is 1. The van der Waals surface area contributed by atoms with Crippen LogP contribution >= 0.6 is 0 Å². The van der Waals surface area contributed by atoms with Crippen LogP contribution in [0.4, 0.5) is 11.4 Å². The zero-order valence-corrected chi connectivity index (χ0v) is 21.6. The quantitative estimate of drug-likeness (QED) is 0.386. The molecule has 4 aromatic rings. The first-order valence-corrected chi connectivity index (χ1v) is 12.9. The van der Waals surface area contributed by atoms with E-state index in [0.717, 1.165) is 39.2 Å². The van der Waals surface area contributed by atoms with Gasteiger partial charge >= 0.3 is 0 Å². The van der Waals surface area contributed by atoms with Crippen LogP contribution in [0.15, 0.2) is 78.9 Å². The zero-order valence-electron chi connectivity index (χ0n) is 21.6. The number of amides is 2. The van der Waals surface area contributed by atoms with Crippen molar-refractivity contribution in [3.05, 3.63) is 112 Å². The molecular formula is C32H26N2O5. The zero-order chi connectivity index (χ0) is 26.7. The van der Waals surface area contributed by atoms with Gasteiger partial charge < -0.3 is 24.4 Å². The molecule has 1 N–H and O–H groups in total. The minimum atomic E-state index is -0.946. The highest BCUT2D eigenvalue weighted by molar-refractivity contribution is 6.11. The van der Waals surface area contributed by atoms with Crippen molar-refractivity contribution in [3.8, 4) is 17.2 Å². The second-order valence-electron chi connectivity index (χ2n) is 10.2. The molecule has 2 amide bonds. The van der Waals surface area contributed by atoms with Gasteiger partial charge in [0.15, 0.2) is 11.5 Å². The summed E-state index contributed by atoms with van der Waals surface area (Å²) in [6.45, 7) is 4.70. The van der Waals surface area contributed by atoms with E-state index in [1.807, 2.05) is 85.5 Å². The summed E-state index contributed by atoms with van der Waals surface area (Å²) in [5.74, 6) is 1.68. The molecule has 0 bridgehead atoms. The lowest BCUT2D eigenvalue weighted by molar-refractivity contribution is -0.122. The fourth-order valence-corrected chi connectivity index (χ4v) is 5.86. The van der Waals surface area contributed by atoms with Crippen molar-refractivity contribution in [2.24, 2.45) is 0 Å². The molecule has 1 unspecified atom stereocenters. The Balaban J connectivity index is 1.17. The summed E-state index contributed by atoms with van der Waals surface area (Å²) in [5.41, 5.74) is 5.96. The third-order valence-electron chi connectivity index (χ3n) is 7.92. The van der Waals surface area contributed by atoms with Crippen LogP contribution in [0.25, 0.3) is 0 Å². The van der Waals surface area contributed by atoms with Gasteiger partial charge in [0.2, 0.25) is 12.7 Å². The van der Waals surface area contributed by atoms with Crippen LogP contribution in [0.3, 0.4) is 0 Å². The molecule has 3 aliphatic rings. The van der Waals surface area contributed by atoms with Gasteiger partial charge in [0.1, 0.15) is 17.8 Å². The van der Waals surface area contributed by atoms with E-state index in [-0.39, 0.29) is 25.2 Å². The SMILES string of the molecule is Cc1cccc(C)c1NC(=O)c1ccc(CN2C(=O)C3(COc4cc5c(cc43)OCO5)c3ccccc32)cc1. The van der Waals surface area contributed by atoms with Crippen molar-refractivity contribution in [1.29, 1.82) is 0 Å². The maximum atomic E-state index is 14.2. The summed E-state index contributed by atoms with van der Waals surface area (Å²) >= 11 is 0. The van der Waals surface area contributed by atoms with E-state index in [9.17, 15) is 9.59 Å². The Labute approximate surface area is 225 Å². The summed E-state index contributed by atoms with van der Waals surface area (Å²) in [6, 6.07) is 24.9. The molecule has 194 valence electrons. The van der Waals surface area contributed by atoms with E-state index < -0.39 is 5.41 Å². The van der Waals surface area contributed by atoms with Gasteiger partial charge in [0.25, 0.3) is 5.91 Å². The summed E-state index contributed by atoms with van der Waals surface area (Å²) in [6.07, 6.45) is 0. The maximum Gasteiger partial charge on any atom is 0.255 e. The number of carbonyl (C=O) groups excluding carboxylic acids is 2. The first-order valence-electron chi connectivity index (χ1n) is 12.9. The molecule has 3 aliphatic heterocycles. The molecule has 0 aliphatic carbocycles. The molecule has 0 saturated carbocycles. The molecule has 1 spiro atoms. The van der Waals surface area contributed by atoms with E-state index in [1.165, 1.54) is 0 Å². The Morgan fingerprint density at radius 2 is 1.56 bits per heavy atom. The number of hydrogen-bond acceptors (Lipinski definition) is 5. The largest absolute Gasteiger partial charge is 0.491 e. The highest BCUT2D eigenvalue weighted by atomic mass is 16.7. The number of ether oxygens (including phenoxy) is 3. The van der Waals surface area contributed by atoms with Gasteiger partial charge in [-0.1, -0.05) is 48.5 Å². The molecular weight excluding hydrogens is 492 g/mol. The van der Waals surface area contributed by atoms with Crippen molar-refractivity contribution >= 4 is 23.2 Å². The second-order valence-corrected chi connectivity index (χ2v) is 10.2. The highest BCUT2D eigenvalue weighted by Crippen LogP contribution is 2.55. The lowest BCUT2D eigenvalue weighted by Crippen LogP contribution is -2.42. The monoisotopic (exact) mass is 518 g/mol. The normalized spacial score (nSPS) is 18.2. The van der Waals surface area contributed by atoms with Crippen molar-refractivity contribution in [1.82, 2.24) is 0 Å². The molecule has 1 atom stereocenters. The van der Waals surface area contributed by atoms with Crippen molar-refractivity contribution in [2.45, 2.75) is 25.8 Å². The Bertz CT molecular complexity index is 1640. The predicted molar refractivity (Wildman–Crippen MR) is 147 cm³/mol. The van der Waals surface area contributed by atoms with Crippen molar-refractivity contribution < 1.29 is 23.8 Å². The molecule has 7 heteroatoms. The molecule has 4 aromatic carbocycles. The first kappa shape index (κ1) is 23.3. The lowest BCUT2D eigenvalue weighted by Gasteiger charge is -2.23. The van der Waals surface area contributed by atoms with Crippen molar-refractivity contribution in [3.63, 3.8) is 0 Å². The van der Waals surface area contributed by atoms with Gasteiger partial charge in [-0.05, 0) is 60.4 Å². The molecule has 0 saturated heterocycles. The fraction of sp³-hybridized carbons (Fsp3) is 0.188. The van der Waals surface area contributed by atoms with Crippen LogP contribution in [-0.2, 0) is 16.8 Å². The number of para-hydroxylation sites is 2. The third-order valence-corrected chi connectivity index (χ3v) is 7.92. The van der Waals surface area contributed by atoms with Crippen LogP contribution in [0.5, 0.6) is 17.2 Å². The highest BCUT2D eigenvalue weighted by Gasteiger charge is 2.57. The van der Waals surface area contributed by atoms with Crippen LogP contribution in [0.2, 0.25) is 0 Å². The number of aryl methyl sites for hydroxylation is 2. The van der Waals surface area contributed by atoms with Gasteiger partial charge in [0, 0.05) is 28.6 Å². The molecule has 0 radical (unpaired) electrons. The molecule has 7 nitrogen and oxygen atoms in total. The minimum absolute atomic E-state index is 0.0434. The Morgan fingerprint density at radius 3 is 2.33 bits per heavy atom. The summed E-state index contributed by atoms with van der Waals surface area (Å²) < 4.78 is 17.2. The van der Waals surface area contributed by atoms with Gasteiger partial charge in [0.05, 0.1) is 6.54 Å². The molecule has 39 heavy (non-hydrogen) atoms. The average Bonchev–Trinajstić information content (AvgIpc) is 3.62. The Kier molecular flexibility index (Phi) is 5.17. The average molecular weight is 519 g/mol. The van der Waals surface area contributed by atoms with E-state index in [1.54, 1.807) is 12.1 Å². The molecule has 0 fully saturated rings. The minimum Gasteiger partial charge on any atom is -0.491 e. The van der Waals surface area contributed by atoms with Gasteiger partial charge in [-0.3, -0.25) is 9.59 Å². The summed E-state index contributed by atoms with van der Waals surface area (Å²) in [4.78, 5) is 29.0. The molecule has 7 rings (SSSR count). The number of nitrogens with zero attached hydrogens (tertiary/aromatic N) is 1. The topological polar surface area (TPSA) is 77.1 Å². The van der Waals surface area contributed by atoms with E-state index >= 15 is 0 Å².